The molecule has 39 heavy (non-hydrogen) atoms. The van der Waals surface area contributed by atoms with Crippen LogP contribution in [0.3, 0.4) is 0 Å². The maximum Gasteiger partial charge on any atom is 0.329 e. The van der Waals surface area contributed by atoms with Crippen molar-refractivity contribution in [1.29, 1.82) is 0 Å². The Morgan fingerprint density at radius 2 is 1.64 bits per heavy atom. The molecule has 0 bridgehead atoms. The van der Waals surface area contributed by atoms with Crippen LogP contribution in [0.15, 0.2) is 54.6 Å². The molecule has 2 fully saturated rings. The van der Waals surface area contributed by atoms with Crippen LogP contribution >= 0.6 is 0 Å². The van der Waals surface area contributed by atoms with E-state index in [1.165, 1.54) is 19.1 Å². The molecular weight excluding hydrogens is 502 g/mol. The van der Waals surface area contributed by atoms with Gasteiger partial charge < -0.3 is 30.9 Å². The number of phenolic OH excluding ortho intramolecular Hbond substituents is 1. The van der Waals surface area contributed by atoms with Crippen molar-refractivity contribution in [3.8, 4) is 5.75 Å². The maximum atomic E-state index is 13.6. The second-order valence-corrected chi connectivity index (χ2v) is 10.4. The van der Waals surface area contributed by atoms with Crippen LogP contribution in [0.1, 0.15) is 49.0 Å². The van der Waals surface area contributed by atoms with Gasteiger partial charge in [0.1, 0.15) is 23.9 Å². The molecule has 1 saturated heterocycles. The van der Waals surface area contributed by atoms with Gasteiger partial charge in [-0.15, -0.1) is 0 Å². The third-order valence-electron chi connectivity index (χ3n) is 7.63. The average Bonchev–Trinajstić information content (AvgIpc) is 2.89. The number of ether oxygens (including phenoxy) is 1. The number of carbonyl (C=O) groups is 4. The molecule has 3 amide bonds. The number of para-hydroxylation sites is 1. The molecule has 208 valence electrons. The van der Waals surface area contributed by atoms with Crippen LogP contribution < -0.4 is 16.0 Å². The van der Waals surface area contributed by atoms with Gasteiger partial charge in [0.15, 0.2) is 0 Å². The van der Waals surface area contributed by atoms with Gasteiger partial charge in [-0.25, -0.2) is 4.79 Å². The van der Waals surface area contributed by atoms with E-state index in [9.17, 15) is 29.4 Å². The molecule has 6 unspecified atom stereocenters. The maximum absolute atomic E-state index is 13.6. The normalized spacial score (nSPS) is 28.5. The Hall–Kier alpha value is -3.92. The van der Waals surface area contributed by atoms with Crippen LogP contribution in [0.2, 0.25) is 0 Å². The number of phenols is 1. The first kappa shape index (κ1) is 28.1. The summed E-state index contributed by atoms with van der Waals surface area (Å²) in [4.78, 5) is 53.0. The minimum atomic E-state index is -1.35. The topological polar surface area (TPSA) is 154 Å². The Morgan fingerprint density at radius 3 is 2.28 bits per heavy atom. The molecule has 2 aromatic carbocycles. The van der Waals surface area contributed by atoms with E-state index in [2.05, 4.69) is 16.0 Å². The molecule has 0 radical (unpaired) electrons. The molecule has 1 heterocycles. The summed E-state index contributed by atoms with van der Waals surface area (Å²) in [5.74, 6) is -4.01. The molecule has 0 spiro atoms. The van der Waals surface area contributed by atoms with E-state index >= 15 is 0 Å². The number of hydrogen-bond donors (Lipinski definition) is 5. The van der Waals surface area contributed by atoms with Crippen LogP contribution in [0, 0.1) is 11.8 Å². The molecule has 2 aromatic rings. The number of cyclic esters (lactones) is 1. The fraction of sp³-hybridized carbons (Fsp3) is 0.448. The first-order valence-electron chi connectivity index (χ1n) is 13.3. The largest absolute Gasteiger partial charge is 0.507 e. The number of carbonyl (C=O) groups excluding carboxylic acids is 4. The molecule has 2 aliphatic rings. The van der Waals surface area contributed by atoms with Crippen molar-refractivity contribution in [3.05, 3.63) is 65.7 Å². The van der Waals surface area contributed by atoms with E-state index < -0.39 is 59.9 Å². The Morgan fingerprint density at radius 1 is 0.974 bits per heavy atom. The number of aliphatic hydroxyl groups excluding tert-OH is 1. The molecule has 10 nitrogen and oxygen atoms in total. The van der Waals surface area contributed by atoms with Crippen molar-refractivity contribution in [1.82, 2.24) is 16.0 Å². The van der Waals surface area contributed by atoms with Gasteiger partial charge in [-0.1, -0.05) is 55.8 Å². The van der Waals surface area contributed by atoms with E-state index in [1.54, 1.807) is 19.1 Å². The SMILES string of the molecule is CC1OC(=O)C(C2CCC2)NC(=O)C(C)C(O)C(Cc2ccccc2)NC(=O)C1NC(=O)c1ccccc1O. The zero-order valence-corrected chi connectivity index (χ0v) is 22.0. The van der Waals surface area contributed by atoms with Crippen molar-refractivity contribution >= 4 is 23.7 Å². The highest BCUT2D eigenvalue weighted by molar-refractivity contribution is 6.00. The monoisotopic (exact) mass is 537 g/mol. The summed E-state index contributed by atoms with van der Waals surface area (Å²) in [6, 6.07) is 11.9. The molecule has 0 aromatic heterocycles. The zero-order valence-electron chi connectivity index (χ0n) is 22.0. The zero-order chi connectivity index (χ0) is 28.1. The lowest BCUT2D eigenvalue weighted by Crippen LogP contribution is -2.61. The second-order valence-electron chi connectivity index (χ2n) is 10.4. The van der Waals surface area contributed by atoms with Gasteiger partial charge in [0.2, 0.25) is 11.8 Å². The van der Waals surface area contributed by atoms with Gasteiger partial charge in [-0.3, -0.25) is 14.4 Å². The van der Waals surface area contributed by atoms with Crippen molar-refractivity contribution < 1.29 is 34.1 Å². The van der Waals surface area contributed by atoms with Crippen LogP contribution in [-0.2, 0) is 25.5 Å². The predicted molar refractivity (Wildman–Crippen MR) is 141 cm³/mol. The molecule has 1 aliphatic heterocycles. The standard InChI is InChI=1S/C29H35N3O7/c1-16-25(34)21(15-18-9-4-3-5-10-18)30-28(37)23(31-27(36)20-13-6-7-14-22(20)33)17(2)39-29(38)24(32-26(16)35)19-11-8-12-19/h3-7,9-10,13-14,16-17,19,21,23-25,33-34H,8,11-12,15H2,1-2H3,(H,30,37)(H,31,36)(H,32,35). The minimum Gasteiger partial charge on any atom is -0.507 e. The first-order chi connectivity index (χ1) is 18.7. The third-order valence-corrected chi connectivity index (χ3v) is 7.63. The first-order valence-corrected chi connectivity index (χ1v) is 13.3. The van der Waals surface area contributed by atoms with E-state index in [0.717, 1.165) is 24.8 Å². The van der Waals surface area contributed by atoms with E-state index in [0.29, 0.717) is 0 Å². The minimum absolute atomic E-state index is 0.0518. The van der Waals surface area contributed by atoms with Crippen molar-refractivity contribution in [3.63, 3.8) is 0 Å². The van der Waals surface area contributed by atoms with Gasteiger partial charge in [0.25, 0.3) is 5.91 Å². The Balaban J connectivity index is 1.67. The Bertz CT molecular complexity index is 1200. The number of rotatable bonds is 5. The fourth-order valence-electron chi connectivity index (χ4n) is 4.93. The van der Waals surface area contributed by atoms with Crippen LogP contribution in [0.25, 0.3) is 0 Å². The Labute approximate surface area is 227 Å². The van der Waals surface area contributed by atoms with Crippen LogP contribution in [0.4, 0.5) is 0 Å². The number of benzene rings is 2. The summed E-state index contributed by atoms with van der Waals surface area (Å²) in [7, 11) is 0. The number of aromatic hydroxyl groups is 1. The van der Waals surface area contributed by atoms with E-state index in [1.807, 2.05) is 30.3 Å². The second kappa shape index (κ2) is 12.3. The molecular formula is C29H35N3O7. The van der Waals surface area contributed by atoms with Gasteiger partial charge in [-0.05, 0) is 49.8 Å². The smallest absolute Gasteiger partial charge is 0.329 e. The van der Waals surface area contributed by atoms with E-state index in [4.69, 9.17) is 4.74 Å². The molecule has 1 saturated carbocycles. The van der Waals surface area contributed by atoms with Crippen molar-refractivity contribution in [2.75, 3.05) is 0 Å². The van der Waals surface area contributed by atoms with Crippen LogP contribution in [-0.4, -0.2) is 64.2 Å². The predicted octanol–water partition coefficient (Wildman–Crippen LogP) is 1.45. The summed E-state index contributed by atoms with van der Waals surface area (Å²) in [5, 5.41) is 29.5. The lowest BCUT2D eigenvalue weighted by molar-refractivity contribution is -0.158. The molecule has 6 atom stereocenters. The van der Waals surface area contributed by atoms with E-state index in [-0.39, 0.29) is 23.7 Å². The van der Waals surface area contributed by atoms with Crippen molar-refractivity contribution in [2.24, 2.45) is 11.8 Å². The van der Waals surface area contributed by atoms with Crippen LogP contribution in [0.5, 0.6) is 5.75 Å². The average molecular weight is 538 g/mol. The summed E-state index contributed by atoms with van der Waals surface area (Å²) in [5.41, 5.74) is 0.771. The molecule has 5 N–H and O–H groups in total. The fourth-order valence-corrected chi connectivity index (χ4v) is 4.93. The number of hydrogen-bond acceptors (Lipinski definition) is 7. The summed E-state index contributed by atoms with van der Waals surface area (Å²) < 4.78 is 5.65. The van der Waals surface area contributed by atoms with Gasteiger partial charge in [0, 0.05) is 0 Å². The highest BCUT2D eigenvalue weighted by Gasteiger charge is 2.42. The van der Waals surface area contributed by atoms with Gasteiger partial charge in [0.05, 0.1) is 23.6 Å². The number of aliphatic hydroxyl groups is 1. The summed E-state index contributed by atoms with van der Waals surface area (Å²) in [6.45, 7) is 3.02. The number of amides is 3. The lowest BCUT2D eigenvalue weighted by Gasteiger charge is -2.37. The highest BCUT2D eigenvalue weighted by Crippen LogP contribution is 2.31. The third kappa shape index (κ3) is 6.57. The summed E-state index contributed by atoms with van der Waals surface area (Å²) >= 11 is 0. The van der Waals surface area contributed by atoms with Gasteiger partial charge in [-0.2, -0.15) is 0 Å². The molecule has 4 rings (SSSR count). The molecule has 10 heteroatoms. The molecule has 1 aliphatic carbocycles. The van der Waals surface area contributed by atoms with Gasteiger partial charge >= 0.3 is 5.97 Å². The highest BCUT2D eigenvalue weighted by atomic mass is 16.5. The number of esters is 1. The lowest BCUT2D eigenvalue weighted by atomic mass is 9.79. The van der Waals surface area contributed by atoms with Crippen molar-refractivity contribution in [2.45, 2.75) is 69.9 Å². The number of nitrogens with one attached hydrogen (secondary N) is 3. The quantitative estimate of drug-likeness (QED) is 0.362. The Kier molecular flexibility index (Phi) is 8.86. The summed E-state index contributed by atoms with van der Waals surface area (Å²) in [6.07, 6.45) is 0.172.